The third kappa shape index (κ3) is 7.99. The molecule has 10 nitrogen and oxygen atoms in total. The monoisotopic (exact) mass is 620 g/mol. The van der Waals surface area contributed by atoms with Gasteiger partial charge in [-0.3, -0.25) is 4.79 Å². The van der Waals surface area contributed by atoms with Gasteiger partial charge in [0, 0.05) is 93.4 Å². The number of anilines is 2. The molecule has 0 bridgehead atoms. The van der Waals surface area contributed by atoms with Gasteiger partial charge in [-0.2, -0.15) is 0 Å². The van der Waals surface area contributed by atoms with E-state index in [4.69, 9.17) is 26.1 Å². The highest BCUT2D eigenvalue weighted by Gasteiger charge is 2.21. The van der Waals surface area contributed by atoms with Crippen LogP contribution in [0.5, 0.6) is 5.75 Å². The summed E-state index contributed by atoms with van der Waals surface area (Å²) in [5, 5.41) is 4.12. The van der Waals surface area contributed by atoms with E-state index < -0.39 is 11.7 Å². The zero-order valence-electron chi connectivity index (χ0n) is 26.5. The standard InChI is InChI=1S/C33H41ClN6O4/c1-33(2,3)44-32(42)39(5)17-16-38(4)28-20-29(43-7)22(18-26(28)37-31(41)12-14-34)19-30-35-15-13-25(36-30)24-21-40(6)27-11-9-8-10-23(24)27/h8-11,13,15,18,20-21H,12,14,16-17,19H2,1-7H3,(H,37,41). The molecule has 0 aliphatic rings. The highest BCUT2D eigenvalue weighted by molar-refractivity contribution is 6.19. The average molecular weight is 621 g/mol. The molecule has 44 heavy (non-hydrogen) atoms. The van der Waals surface area contributed by atoms with Gasteiger partial charge >= 0.3 is 6.09 Å². The summed E-state index contributed by atoms with van der Waals surface area (Å²) in [4.78, 5) is 38.1. The van der Waals surface area contributed by atoms with Gasteiger partial charge < -0.3 is 29.2 Å². The first-order chi connectivity index (χ1) is 20.9. The van der Waals surface area contributed by atoms with E-state index in [0.29, 0.717) is 36.8 Å². The van der Waals surface area contributed by atoms with Crippen LogP contribution >= 0.6 is 11.6 Å². The number of hydrogen-bond donors (Lipinski definition) is 1. The van der Waals surface area contributed by atoms with Crippen LogP contribution in [0.1, 0.15) is 38.6 Å². The summed E-state index contributed by atoms with van der Waals surface area (Å²) in [6.07, 6.45) is 3.99. The highest BCUT2D eigenvalue weighted by Crippen LogP contribution is 2.35. The van der Waals surface area contributed by atoms with E-state index >= 15 is 0 Å². The third-order valence-electron chi connectivity index (χ3n) is 7.11. The molecule has 2 aromatic heterocycles. The molecule has 0 radical (unpaired) electrons. The Bertz CT molecular complexity index is 1630. The van der Waals surface area contributed by atoms with Gasteiger partial charge in [0.25, 0.3) is 0 Å². The summed E-state index contributed by atoms with van der Waals surface area (Å²) in [5.41, 5.74) is 4.54. The number of rotatable bonds is 11. The normalized spacial score (nSPS) is 11.4. The number of fused-ring (bicyclic) bond motifs is 1. The second-order valence-electron chi connectivity index (χ2n) is 11.7. The lowest BCUT2D eigenvalue weighted by molar-refractivity contribution is -0.115. The first-order valence-corrected chi connectivity index (χ1v) is 15.0. The van der Waals surface area contributed by atoms with Crippen LogP contribution in [-0.4, -0.2) is 77.2 Å². The quantitative estimate of drug-likeness (QED) is 0.202. The molecule has 0 aliphatic carbocycles. The van der Waals surface area contributed by atoms with Crippen molar-refractivity contribution < 1.29 is 19.1 Å². The number of nitrogens with one attached hydrogen (secondary N) is 1. The van der Waals surface area contributed by atoms with Crippen molar-refractivity contribution in [1.29, 1.82) is 0 Å². The van der Waals surface area contributed by atoms with Gasteiger partial charge in [-0.15, -0.1) is 11.6 Å². The number of hydrogen-bond acceptors (Lipinski definition) is 7. The summed E-state index contributed by atoms with van der Waals surface area (Å²) in [7, 11) is 7.22. The number of methoxy groups -OCH3 is 1. The number of aromatic nitrogens is 3. The summed E-state index contributed by atoms with van der Waals surface area (Å²) in [6, 6.07) is 13.9. The molecule has 4 rings (SSSR count). The first kappa shape index (κ1) is 32.6. The smallest absolute Gasteiger partial charge is 0.410 e. The van der Waals surface area contributed by atoms with Crippen molar-refractivity contribution in [3.63, 3.8) is 0 Å². The lowest BCUT2D eigenvalue weighted by atomic mass is 10.1. The molecule has 0 unspecified atom stereocenters. The van der Waals surface area contributed by atoms with Crippen molar-refractivity contribution in [2.45, 2.75) is 39.2 Å². The van der Waals surface area contributed by atoms with E-state index in [9.17, 15) is 9.59 Å². The lowest BCUT2D eigenvalue weighted by Gasteiger charge is -2.28. The third-order valence-corrected chi connectivity index (χ3v) is 7.30. The Morgan fingerprint density at radius 2 is 1.84 bits per heavy atom. The molecule has 11 heteroatoms. The fourth-order valence-corrected chi connectivity index (χ4v) is 5.03. The van der Waals surface area contributed by atoms with Crippen LogP contribution in [0, 0.1) is 0 Å². The molecule has 0 saturated heterocycles. The second kappa shape index (κ2) is 14.0. The maximum atomic E-state index is 12.7. The van der Waals surface area contributed by atoms with Crippen molar-refractivity contribution in [3.8, 4) is 17.0 Å². The molecule has 0 saturated carbocycles. The molecular formula is C33H41ClN6O4. The van der Waals surface area contributed by atoms with E-state index in [2.05, 4.69) is 33.2 Å². The van der Waals surface area contributed by atoms with E-state index in [1.165, 1.54) is 4.90 Å². The molecule has 2 heterocycles. The van der Waals surface area contributed by atoms with Crippen LogP contribution in [-0.2, 0) is 23.0 Å². The molecule has 0 atom stereocenters. The average Bonchev–Trinajstić information content (AvgIpc) is 3.31. The van der Waals surface area contributed by atoms with E-state index in [1.54, 1.807) is 20.4 Å². The largest absolute Gasteiger partial charge is 0.496 e. The Kier molecular flexibility index (Phi) is 10.4. The van der Waals surface area contributed by atoms with Crippen molar-refractivity contribution >= 4 is 45.9 Å². The van der Waals surface area contributed by atoms with Crippen LogP contribution in [0.2, 0.25) is 0 Å². The number of likely N-dealkylation sites (N-methyl/N-ethyl adjacent to an activating group) is 2. The number of nitrogens with zero attached hydrogens (tertiary/aromatic N) is 5. The molecule has 2 aromatic carbocycles. The van der Waals surface area contributed by atoms with Gasteiger partial charge in [0.15, 0.2) is 0 Å². The number of carbonyl (C=O) groups is 2. The van der Waals surface area contributed by atoms with Crippen molar-refractivity contribution in [2.75, 3.05) is 50.4 Å². The summed E-state index contributed by atoms with van der Waals surface area (Å²) >= 11 is 5.86. The maximum Gasteiger partial charge on any atom is 0.410 e. The number of aryl methyl sites for hydroxylation is 1. The minimum atomic E-state index is -0.585. The fourth-order valence-electron chi connectivity index (χ4n) is 4.86. The lowest BCUT2D eigenvalue weighted by Crippen LogP contribution is -2.38. The Labute approximate surface area is 263 Å². The summed E-state index contributed by atoms with van der Waals surface area (Å²) in [5.74, 6) is 1.25. The molecular weight excluding hydrogens is 580 g/mol. The first-order valence-electron chi connectivity index (χ1n) is 14.5. The Hall–Kier alpha value is -4.31. The van der Waals surface area contributed by atoms with Gasteiger partial charge in [0.05, 0.1) is 24.2 Å². The number of halogens is 1. The van der Waals surface area contributed by atoms with Crippen molar-refractivity contribution in [1.82, 2.24) is 19.4 Å². The molecule has 0 fully saturated rings. The van der Waals surface area contributed by atoms with E-state index in [1.807, 2.05) is 70.1 Å². The molecule has 4 aromatic rings. The van der Waals surface area contributed by atoms with Crippen LogP contribution in [0.4, 0.5) is 16.2 Å². The van der Waals surface area contributed by atoms with Gasteiger partial charge in [0.2, 0.25) is 5.91 Å². The number of amides is 2. The zero-order valence-corrected chi connectivity index (χ0v) is 27.2. The van der Waals surface area contributed by atoms with Gasteiger partial charge in [-0.1, -0.05) is 18.2 Å². The number of benzene rings is 2. The number of alkyl halides is 1. The topological polar surface area (TPSA) is 102 Å². The van der Waals surface area contributed by atoms with Crippen LogP contribution in [0.25, 0.3) is 22.2 Å². The predicted molar refractivity (Wildman–Crippen MR) is 176 cm³/mol. The van der Waals surface area contributed by atoms with Crippen LogP contribution < -0.4 is 15.0 Å². The molecule has 2 amide bonds. The van der Waals surface area contributed by atoms with Crippen LogP contribution in [0.15, 0.2) is 54.9 Å². The van der Waals surface area contributed by atoms with Gasteiger partial charge in [0.1, 0.15) is 17.2 Å². The van der Waals surface area contributed by atoms with Crippen LogP contribution in [0.3, 0.4) is 0 Å². The van der Waals surface area contributed by atoms with Crippen molar-refractivity contribution in [2.24, 2.45) is 7.05 Å². The number of para-hydroxylation sites is 1. The number of ether oxygens (including phenoxy) is 2. The fraction of sp³-hybridized carbons (Fsp3) is 0.394. The Morgan fingerprint density at radius 3 is 2.55 bits per heavy atom. The minimum Gasteiger partial charge on any atom is -0.496 e. The maximum absolute atomic E-state index is 12.7. The highest BCUT2D eigenvalue weighted by atomic mass is 35.5. The molecule has 234 valence electrons. The van der Waals surface area contributed by atoms with E-state index in [0.717, 1.165) is 33.4 Å². The Balaban J connectivity index is 1.63. The second-order valence-corrected chi connectivity index (χ2v) is 12.1. The Morgan fingerprint density at radius 1 is 1.09 bits per heavy atom. The van der Waals surface area contributed by atoms with Crippen molar-refractivity contribution in [3.05, 3.63) is 66.2 Å². The summed E-state index contributed by atoms with van der Waals surface area (Å²) < 4.78 is 13.4. The van der Waals surface area contributed by atoms with Gasteiger partial charge in [-0.25, -0.2) is 14.8 Å². The molecule has 0 spiro atoms. The molecule has 0 aliphatic heterocycles. The zero-order chi connectivity index (χ0) is 32.0. The minimum absolute atomic E-state index is 0.170. The molecule has 1 N–H and O–H groups in total. The number of carbonyl (C=O) groups excluding carboxylic acids is 2. The van der Waals surface area contributed by atoms with Gasteiger partial charge in [-0.05, 0) is 39.0 Å². The summed E-state index contributed by atoms with van der Waals surface area (Å²) in [6.45, 7) is 6.38. The predicted octanol–water partition coefficient (Wildman–Crippen LogP) is 6.11. The van der Waals surface area contributed by atoms with E-state index in [-0.39, 0.29) is 18.2 Å². The SMILES string of the molecule is COc1cc(N(C)CCN(C)C(=O)OC(C)(C)C)c(NC(=O)CCCl)cc1Cc1nccc(-c2cn(C)c3ccccc23)n1.